The van der Waals surface area contributed by atoms with Crippen molar-refractivity contribution in [1.82, 2.24) is 9.80 Å². The summed E-state index contributed by atoms with van der Waals surface area (Å²) in [6.45, 7) is 4.04. The van der Waals surface area contributed by atoms with Gasteiger partial charge in [-0.3, -0.25) is 9.59 Å². The SMILES string of the molecule is CCCCC(=O)N(CCCOC)CC(=O)N(Cc1ccccc1)Cc1ccco1. The highest BCUT2D eigenvalue weighted by Gasteiger charge is 2.22. The quantitative estimate of drug-likeness (QED) is 0.479. The number of amides is 2. The molecule has 0 N–H and O–H groups in total. The molecule has 0 aliphatic heterocycles. The summed E-state index contributed by atoms with van der Waals surface area (Å²) in [5, 5.41) is 0. The predicted molar refractivity (Wildman–Crippen MR) is 112 cm³/mol. The van der Waals surface area contributed by atoms with E-state index in [-0.39, 0.29) is 18.4 Å². The van der Waals surface area contributed by atoms with E-state index in [9.17, 15) is 9.59 Å². The molecular formula is C23H32N2O4. The Labute approximate surface area is 173 Å². The van der Waals surface area contributed by atoms with Crippen LogP contribution in [-0.4, -0.2) is 48.4 Å². The van der Waals surface area contributed by atoms with Gasteiger partial charge in [-0.05, 0) is 30.5 Å². The van der Waals surface area contributed by atoms with Crippen molar-refractivity contribution in [2.75, 3.05) is 26.8 Å². The number of benzene rings is 1. The summed E-state index contributed by atoms with van der Waals surface area (Å²) >= 11 is 0. The lowest BCUT2D eigenvalue weighted by Crippen LogP contribution is -2.43. The maximum absolute atomic E-state index is 13.2. The van der Waals surface area contributed by atoms with Crippen molar-refractivity contribution in [2.45, 2.75) is 45.7 Å². The molecule has 0 unspecified atom stereocenters. The minimum atomic E-state index is -0.0903. The smallest absolute Gasteiger partial charge is 0.242 e. The first-order chi connectivity index (χ1) is 14.1. The number of rotatable bonds is 13. The molecule has 0 bridgehead atoms. The number of methoxy groups -OCH3 is 1. The van der Waals surface area contributed by atoms with Gasteiger partial charge in [0.1, 0.15) is 5.76 Å². The number of furan rings is 1. The molecule has 6 nitrogen and oxygen atoms in total. The van der Waals surface area contributed by atoms with Gasteiger partial charge in [-0.25, -0.2) is 0 Å². The summed E-state index contributed by atoms with van der Waals surface area (Å²) < 4.78 is 10.6. The van der Waals surface area contributed by atoms with Crippen molar-refractivity contribution >= 4 is 11.8 Å². The maximum Gasteiger partial charge on any atom is 0.242 e. The normalized spacial score (nSPS) is 10.7. The van der Waals surface area contributed by atoms with Gasteiger partial charge in [-0.15, -0.1) is 0 Å². The van der Waals surface area contributed by atoms with Crippen LogP contribution in [0.25, 0.3) is 0 Å². The third-order valence-corrected chi connectivity index (χ3v) is 4.70. The molecule has 1 aromatic heterocycles. The molecule has 6 heteroatoms. The van der Waals surface area contributed by atoms with E-state index in [0.29, 0.717) is 39.1 Å². The van der Waals surface area contributed by atoms with E-state index in [4.69, 9.17) is 9.15 Å². The number of hydrogen-bond donors (Lipinski definition) is 0. The first-order valence-corrected chi connectivity index (χ1v) is 10.2. The predicted octanol–water partition coefficient (Wildman–Crippen LogP) is 3.86. The number of carbonyl (C=O) groups is 2. The van der Waals surface area contributed by atoms with Crippen LogP contribution >= 0.6 is 0 Å². The van der Waals surface area contributed by atoms with Crippen LogP contribution in [0.1, 0.15) is 43.9 Å². The lowest BCUT2D eigenvalue weighted by molar-refractivity contribution is -0.141. The molecule has 2 amide bonds. The minimum absolute atomic E-state index is 0.0222. The van der Waals surface area contributed by atoms with Gasteiger partial charge in [0.15, 0.2) is 0 Å². The molecule has 2 aromatic rings. The second kappa shape index (κ2) is 12.8. The number of hydrogen-bond acceptors (Lipinski definition) is 4. The molecule has 0 radical (unpaired) electrons. The standard InChI is InChI=1S/C23H32N2O4/c1-3-4-13-22(26)24(14-9-15-28-2)19-23(27)25(18-21-12-8-16-29-21)17-20-10-6-5-7-11-20/h5-8,10-12,16H,3-4,9,13-15,17-19H2,1-2H3. The molecule has 0 spiro atoms. The topological polar surface area (TPSA) is 63.0 Å². The minimum Gasteiger partial charge on any atom is -0.467 e. The van der Waals surface area contributed by atoms with E-state index in [1.807, 2.05) is 42.5 Å². The molecule has 0 aliphatic rings. The van der Waals surface area contributed by atoms with Crippen LogP contribution in [-0.2, 0) is 27.4 Å². The van der Waals surface area contributed by atoms with Crippen LogP contribution in [0.3, 0.4) is 0 Å². The summed E-state index contributed by atoms with van der Waals surface area (Å²) in [7, 11) is 1.64. The van der Waals surface area contributed by atoms with Crippen LogP contribution in [0.2, 0.25) is 0 Å². The Morgan fingerprint density at radius 2 is 1.76 bits per heavy atom. The van der Waals surface area contributed by atoms with Gasteiger partial charge >= 0.3 is 0 Å². The average molecular weight is 401 g/mol. The van der Waals surface area contributed by atoms with E-state index in [1.54, 1.807) is 23.2 Å². The number of unbranched alkanes of at least 4 members (excludes halogenated alkanes) is 1. The summed E-state index contributed by atoms with van der Waals surface area (Å²) in [6.07, 6.45) is 4.55. The van der Waals surface area contributed by atoms with E-state index in [0.717, 1.165) is 24.2 Å². The first kappa shape index (κ1) is 22.7. The second-order valence-electron chi connectivity index (χ2n) is 7.08. The van der Waals surface area contributed by atoms with Crippen LogP contribution in [0, 0.1) is 0 Å². The zero-order valence-electron chi connectivity index (χ0n) is 17.5. The molecular weight excluding hydrogens is 368 g/mol. The van der Waals surface area contributed by atoms with Gasteiger partial charge in [0, 0.05) is 33.2 Å². The molecule has 29 heavy (non-hydrogen) atoms. The Hall–Kier alpha value is -2.60. The van der Waals surface area contributed by atoms with E-state index >= 15 is 0 Å². The third-order valence-electron chi connectivity index (χ3n) is 4.70. The fraction of sp³-hybridized carbons (Fsp3) is 0.478. The highest BCUT2D eigenvalue weighted by molar-refractivity contribution is 5.84. The fourth-order valence-electron chi connectivity index (χ4n) is 3.07. The molecule has 0 saturated carbocycles. The molecule has 158 valence electrons. The molecule has 2 rings (SSSR count). The molecule has 0 fully saturated rings. The summed E-state index contributed by atoms with van der Waals surface area (Å²) in [5.41, 5.74) is 1.04. The highest BCUT2D eigenvalue weighted by Crippen LogP contribution is 2.12. The lowest BCUT2D eigenvalue weighted by atomic mass is 10.2. The number of ether oxygens (including phenoxy) is 1. The van der Waals surface area contributed by atoms with Gasteiger partial charge in [-0.1, -0.05) is 43.7 Å². The van der Waals surface area contributed by atoms with Crippen LogP contribution in [0.5, 0.6) is 0 Å². The van der Waals surface area contributed by atoms with Crippen molar-refractivity contribution in [3.63, 3.8) is 0 Å². The molecule has 0 atom stereocenters. The Bertz CT molecular complexity index is 716. The van der Waals surface area contributed by atoms with Crippen LogP contribution in [0.15, 0.2) is 53.1 Å². The van der Waals surface area contributed by atoms with Crippen molar-refractivity contribution in [1.29, 1.82) is 0 Å². The van der Waals surface area contributed by atoms with E-state index in [1.165, 1.54) is 0 Å². The largest absolute Gasteiger partial charge is 0.467 e. The molecule has 1 aromatic carbocycles. The van der Waals surface area contributed by atoms with E-state index < -0.39 is 0 Å². The lowest BCUT2D eigenvalue weighted by Gasteiger charge is -2.27. The maximum atomic E-state index is 13.2. The monoisotopic (exact) mass is 400 g/mol. The Kier molecular flexibility index (Phi) is 10.00. The average Bonchev–Trinajstić information content (AvgIpc) is 3.24. The third kappa shape index (κ3) is 8.11. The van der Waals surface area contributed by atoms with Gasteiger partial charge in [0.05, 0.1) is 19.4 Å². The number of nitrogens with zero attached hydrogens (tertiary/aromatic N) is 2. The fourth-order valence-corrected chi connectivity index (χ4v) is 3.07. The van der Waals surface area contributed by atoms with Crippen molar-refractivity contribution < 1.29 is 18.7 Å². The van der Waals surface area contributed by atoms with E-state index in [2.05, 4.69) is 6.92 Å². The molecule has 1 heterocycles. The summed E-state index contributed by atoms with van der Waals surface area (Å²) in [6, 6.07) is 13.5. The Morgan fingerprint density at radius 1 is 0.966 bits per heavy atom. The Morgan fingerprint density at radius 3 is 2.41 bits per heavy atom. The van der Waals surface area contributed by atoms with Gasteiger partial charge in [-0.2, -0.15) is 0 Å². The number of carbonyl (C=O) groups excluding carboxylic acids is 2. The first-order valence-electron chi connectivity index (χ1n) is 10.2. The van der Waals surface area contributed by atoms with Crippen LogP contribution < -0.4 is 0 Å². The van der Waals surface area contributed by atoms with Gasteiger partial charge in [0.25, 0.3) is 0 Å². The van der Waals surface area contributed by atoms with Crippen molar-refractivity contribution in [2.24, 2.45) is 0 Å². The summed E-state index contributed by atoms with van der Waals surface area (Å²) in [4.78, 5) is 29.2. The highest BCUT2D eigenvalue weighted by atomic mass is 16.5. The second-order valence-corrected chi connectivity index (χ2v) is 7.08. The zero-order chi connectivity index (χ0) is 20.9. The molecule has 0 saturated heterocycles. The van der Waals surface area contributed by atoms with Gasteiger partial charge < -0.3 is 19.0 Å². The van der Waals surface area contributed by atoms with Crippen molar-refractivity contribution in [3.05, 3.63) is 60.1 Å². The Balaban J connectivity index is 2.09. The zero-order valence-corrected chi connectivity index (χ0v) is 17.5. The van der Waals surface area contributed by atoms with Crippen LogP contribution in [0.4, 0.5) is 0 Å². The summed E-state index contributed by atoms with van der Waals surface area (Å²) in [5.74, 6) is 0.652. The van der Waals surface area contributed by atoms with Gasteiger partial charge in [0.2, 0.25) is 11.8 Å². The molecule has 0 aliphatic carbocycles. The van der Waals surface area contributed by atoms with Crippen molar-refractivity contribution in [3.8, 4) is 0 Å².